The van der Waals surface area contributed by atoms with Crippen molar-refractivity contribution >= 4 is 17.4 Å². The zero-order chi connectivity index (χ0) is 12.5. The topological polar surface area (TPSA) is 21.3 Å². The van der Waals surface area contributed by atoms with Gasteiger partial charge in [-0.1, -0.05) is 19.9 Å². The van der Waals surface area contributed by atoms with Crippen molar-refractivity contribution in [2.75, 3.05) is 23.4 Å². The second kappa shape index (κ2) is 8.29. The van der Waals surface area contributed by atoms with Crippen molar-refractivity contribution in [1.82, 2.24) is 0 Å². The highest BCUT2D eigenvalue weighted by molar-refractivity contribution is 7.99. The van der Waals surface area contributed by atoms with E-state index in [-0.39, 0.29) is 6.10 Å². The van der Waals surface area contributed by atoms with Crippen LogP contribution in [0.2, 0.25) is 0 Å². The van der Waals surface area contributed by atoms with E-state index in [4.69, 9.17) is 4.74 Å². The molecule has 1 N–H and O–H groups in total. The van der Waals surface area contributed by atoms with Crippen molar-refractivity contribution < 1.29 is 4.74 Å². The molecule has 0 bridgehead atoms. The van der Waals surface area contributed by atoms with Crippen molar-refractivity contribution in [3.8, 4) is 5.75 Å². The van der Waals surface area contributed by atoms with E-state index in [0.29, 0.717) is 0 Å². The average molecular weight is 253 g/mol. The van der Waals surface area contributed by atoms with Crippen molar-refractivity contribution in [2.24, 2.45) is 0 Å². The maximum atomic E-state index is 5.79. The molecule has 3 heteroatoms. The Morgan fingerprint density at radius 3 is 2.88 bits per heavy atom. The average Bonchev–Trinajstić information content (AvgIpc) is 2.35. The third-order valence-corrected chi connectivity index (χ3v) is 3.43. The summed E-state index contributed by atoms with van der Waals surface area (Å²) in [6, 6.07) is 8.20. The maximum absolute atomic E-state index is 5.79. The minimum atomic E-state index is 0.279. The lowest BCUT2D eigenvalue weighted by Crippen LogP contribution is -2.10. The van der Waals surface area contributed by atoms with Crippen LogP contribution in [0.15, 0.2) is 24.3 Å². The fraction of sp³-hybridized carbons (Fsp3) is 0.571. The molecule has 1 unspecified atom stereocenters. The molecule has 96 valence electrons. The third kappa shape index (κ3) is 5.87. The summed E-state index contributed by atoms with van der Waals surface area (Å²) in [4.78, 5) is 0. The predicted molar refractivity (Wildman–Crippen MR) is 78.3 cm³/mol. The molecule has 1 aromatic carbocycles. The number of hydrogen-bond acceptors (Lipinski definition) is 3. The number of thioether (sulfide) groups is 1. The molecule has 0 aliphatic heterocycles. The zero-order valence-corrected chi connectivity index (χ0v) is 11.8. The molecular weight excluding hydrogens is 230 g/mol. The Kier molecular flexibility index (Phi) is 6.94. The molecule has 0 heterocycles. The van der Waals surface area contributed by atoms with E-state index >= 15 is 0 Å². The lowest BCUT2D eigenvalue weighted by atomic mass is 10.3. The van der Waals surface area contributed by atoms with Crippen LogP contribution in [0.5, 0.6) is 5.75 Å². The molecule has 17 heavy (non-hydrogen) atoms. The van der Waals surface area contributed by atoms with E-state index in [9.17, 15) is 0 Å². The van der Waals surface area contributed by atoms with Crippen LogP contribution in [0, 0.1) is 0 Å². The number of rotatable bonds is 8. The first kappa shape index (κ1) is 14.2. The fourth-order valence-corrected chi connectivity index (χ4v) is 1.94. The molecule has 1 atom stereocenters. The molecule has 0 aromatic heterocycles. The van der Waals surface area contributed by atoms with Crippen LogP contribution in [0.4, 0.5) is 5.69 Å². The Hall–Kier alpha value is -0.830. The summed E-state index contributed by atoms with van der Waals surface area (Å²) in [7, 11) is 0. The molecule has 1 aromatic rings. The molecule has 1 rings (SSSR count). The van der Waals surface area contributed by atoms with Crippen LogP contribution in [0.1, 0.15) is 27.2 Å². The van der Waals surface area contributed by atoms with Crippen LogP contribution in [-0.4, -0.2) is 24.2 Å². The van der Waals surface area contributed by atoms with Crippen molar-refractivity contribution in [1.29, 1.82) is 0 Å². The molecular formula is C14H23NOS. The molecule has 0 amide bonds. The summed E-state index contributed by atoms with van der Waals surface area (Å²) >= 11 is 1.95. The van der Waals surface area contributed by atoms with Crippen LogP contribution in [0.25, 0.3) is 0 Å². The highest BCUT2D eigenvalue weighted by atomic mass is 32.2. The molecule has 0 saturated heterocycles. The minimum Gasteiger partial charge on any atom is -0.491 e. The first-order chi connectivity index (χ1) is 8.26. The van der Waals surface area contributed by atoms with Gasteiger partial charge in [0.1, 0.15) is 5.75 Å². The number of benzene rings is 1. The van der Waals surface area contributed by atoms with Gasteiger partial charge < -0.3 is 10.1 Å². The Labute approximate surface area is 109 Å². The Balaban J connectivity index is 2.42. The molecule has 0 saturated carbocycles. The maximum Gasteiger partial charge on any atom is 0.121 e. The van der Waals surface area contributed by atoms with E-state index in [1.54, 1.807) is 0 Å². The van der Waals surface area contributed by atoms with Gasteiger partial charge in [-0.25, -0.2) is 0 Å². The Morgan fingerprint density at radius 1 is 1.35 bits per heavy atom. The van der Waals surface area contributed by atoms with Crippen LogP contribution < -0.4 is 10.1 Å². The van der Waals surface area contributed by atoms with Crippen molar-refractivity contribution in [3.63, 3.8) is 0 Å². The van der Waals surface area contributed by atoms with Crippen molar-refractivity contribution in [3.05, 3.63) is 24.3 Å². The van der Waals surface area contributed by atoms with E-state index < -0.39 is 0 Å². The number of nitrogens with one attached hydrogen (secondary N) is 1. The standard InChI is InChI=1S/C14H23NOS/c1-4-12(3)16-14-8-6-7-13(11-14)15-9-10-17-5-2/h6-8,11-12,15H,4-5,9-10H2,1-3H3. The third-order valence-electron chi connectivity index (χ3n) is 2.53. The van der Waals surface area contributed by atoms with Crippen LogP contribution >= 0.6 is 11.8 Å². The highest BCUT2D eigenvalue weighted by Crippen LogP contribution is 2.19. The van der Waals surface area contributed by atoms with E-state index in [2.05, 4.69) is 38.2 Å². The fourth-order valence-electron chi connectivity index (χ4n) is 1.41. The van der Waals surface area contributed by atoms with Gasteiger partial charge in [0.25, 0.3) is 0 Å². The Bertz CT molecular complexity index is 317. The van der Waals surface area contributed by atoms with Gasteiger partial charge in [-0.3, -0.25) is 0 Å². The van der Waals surface area contributed by atoms with Gasteiger partial charge >= 0.3 is 0 Å². The largest absolute Gasteiger partial charge is 0.491 e. The summed E-state index contributed by atoms with van der Waals surface area (Å²) < 4.78 is 5.79. The van der Waals surface area contributed by atoms with E-state index in [1.165, 1.54) is 5.75 Å². The minimum absolute atomic E-state index is 0.279. The van der Waals surface area contributed by atoms with E-state index in [0.717, 1.165) is 30.2 Å². The Morgan fingerprint density at radius 2 is 2.18 bits per heavy atom. The SMILES string of the molecule is CCSCCNc1cccc(OC(C)CC)c1. The lowest BCUT2D eigenvalue weighted by molar-refractivity contribution is 0.217. The van der Waals surface area contributed by atoms with Gasteiger partial charge in [-0.15, -0.1) is 0 Å². The quantitative estimate of drug-likeness (QED) is 0.707. The summed E-state index contributed by atoms with van der Waals surface area (Å²) in [5, 5.41) is 3.41. The number of hydrogen-bond donors (Lipinski definition) is 1. The monoisotopic (exact) mass is 253 g/mol. The van der Waals surface area contributed by atoms with Crippen LogP contribution in [0.3, 0.4) is 0 Å². The zero-order valence-electron chi connectivity index (χ0n) is 11.0. The second-order valence-electron chi connectivity index (χ2n) is 3.99. The highest BCUT2D eigenvalue weighted by Gasteiger charge is 2.01. The molecule has 0 aliphatic carbocycles. The smallest absolute Gasteiger partial charge is 0.121 e. The number of anilines is 1. The lowest BCUT2D eigenvalue weighted by Gasteiger charge is -2.14. The first-order valence-electron chi connectivity index (χ1n) is 6.34. The summed E-state index contributed by atoms with van der Waals surface area (Å²) in [6.45, 7) is 7.42. The molecule has 0 aliphatic rings. The summed E-state index contributed by atoms with van der Waals surface area (Å²) in [5.74, 6) is 3.28. The van der Waals surface area contributed by atoms with Gasteiger partial charge in [0, 0.05) is 24.1 Å². The van der Waals surface area contributed by atoms with Gasteiger partial charge in [-0.05, 0) is 31.2 Å². The molecule has 0 fully saturated rings. The molecule has 2 nitrogen and oxygen atoms in total. The second-order valence-corrected chi connectivity index (χ2v) is 5.38. The van der Waals surface area contributed by atoms with Gasteiger partial charge in [-0.2, -0.15) is 11.8 Å². The normalized spacial score (nSPS) is 12.2. The predicted octanol–water partition coefficient (Wildman–Crippen LogP) is 4.03. The van der Waals surface area contributed by atoms with Gasteiger partial charge in [0.05, 0.1) is 6.10 Å². The van der Waals surface area contributed by atoms with Gasteiger partial charge in [0.2, 0.25) is 0 Å². The van der Waals surface area contributed by atoms with Crippen molar-refractivity contribution in [2.45, 2.75) is 33.3 Å². The number of ether oxygens (including phenoxy) is 1. The van der Waals surface area contributed by atoms with Gasteiger partial charge in [0.15, 0.2) is 0 Å². The summed E-state index contributed by atoms with van der Waals surface area (Å²) in [6.07, 6.45) is 1.31. The molecule has 0 spiro atoms. The first-order valence-corrected chi connectivity index (χ1v) is 7.50. The summed E-state index contributed by atoms with van der Waals surface area (Å²) in [5.41, 5.74) is 1.14. The van der Waals surface area contributed by atoms with E-state index in [1.807, 2.05) is 23.9 Å². The van der Waals surface area contributed by atoms with Crippen LogP contribution in [-0.2, 0) is 0 Å². The molecule has 0 radical (unpaired) electrons.